The Bertz CT molecular complexity index is 938. The molecule has 3 rings (SSSR count). The number of nitrogens with zero attached hydrogens (tertiary/aromatic N) is 3. The molecular weight excluding hydrogens is 432 g/mol. The fraction of sp³-hybridized carbons (Fsp3) is 0.522. The fourth-order valence-corrected chi connectivity index (χ4v) is 3.98. The molecule has 180 valence electrons. The number of nitrogens with one attached hydrogen (secondary N) is 2. The topological polar surface area (TPSA) is 88.5 Å². The van der Waals surface area contributed by atoms with Crippen molar-refractivity contribution in [2.75, 3.05) is 18.5 Å². The highest BCUT2D eigenvalue weighted by Crippen LogP contribution is 2.27. The Morgan fingerprint density at radius 1 is 1.18 bits per heavy atom. The van der Waals surface area contributed by atoms with Gasteiger partial charge in [-0.25, -0.2) is 29.0 Å². The molecule has 0 spiro atoms. The lowest BCUT2D eigenvalue weighted by Gasteiger charge is -2.40. The van der Waals surface area contributed by atoms with E-state index in [9.17, 15) is 18.4 Å². The molecule has 1 fully saturated rings. The van der Waals surface area contributed by atoms with Crippen LogP contribution in [0.1, 0.15) is 68.9 Å². The minimum absolute atomic E-state index is 0.00498. The number of imidazole rings is 1. The third-order valence-corrected chi connectivity index (χ3v) is 5.66. The van der Waals surface area contributed by atoms with Crippen molar-refractivity contribution in [2.45, 2.75) is 64.6 Å². The highest BCUT2D eigenvalue weighted by Gasteiger charge is 2.33. The number of halogens is 2. The highest BCUT2D eigenvalue weighted by atomic mass is 19.1. The molecule has 1 aliphatic heterocycles. The standard InChI is InChI=1S/C23H31F2N5O3/c1-3-5-6-7-13-30-19(29-14-12-26-15-29)11-10-18(28-30)22(31)27-21-17(25)9-8-16(24)20(21)23(32)33-4-2/h8-9,12,14-15,18-19,28H,3-7,10-11,13H2,1-2H3,(H,27,31). The van der Waals surface area contributed by atoms with Gasteiger partial charge in [-0.15, -0.1) is 0 Å². The number of amides is 1. The lowest BCUT2D eigenvalue weighted by atomic mass is 10.0. The number of carbonyl (C=O) groups excluding carboxylic acids is 2. The van der Waals surface area contributed by atoms with Crippen LogP contribution in [0, 0.1) is 11.6 Å². The van der Waals surface area contributed by atoms with E-state index in [2.05, 4.69) is 22.7 Å². The smallest absolute Gasteiger partial charge is 0.343 e. The molecule has 2 heterocycles. The van der Waals surface area contributed by atoms with Crippen LogP contribution < -0.4 is 10.7 Å². The van der Waals surface area contributed by atoms with Gasteiger partial charge in [0.25, 0.3) is 0 Å². The molecule has 0 aliphatic carbocycles. The van der Waals surface area contributed by atoms with E-state index in [1.54, 1.807) is 19.4 Å². The van der Waals surface area contributed by atoms with Crippen molar-refractivity contribution in [3.05, 3.63) is 48.1 Å². The number of hydrogen-bond acceptors (Lipinski definition) is 6. The molecule has 1 aromatic carbocycles. The molecule has 0 saturated carbocycles. The van der Waals surface area contributed by atoms with E-state index in [0.717, 1.165) is 44.4 Å². The van der Waals surface area contributed by atoms with E-state index < -0.39 is 40.8 Å². The van der Waals surface area contributed by atoms with Crippen molar-refractivity contribution >= 4 is 17.6 Å². The van der Waals surface area contributed by atoms with Crippen LogP contribution in [0.3, 0.4) is 0 Å². The molecule has 2 aromatic rings. The molecule has 0 radical (unpaired) electrons. The van der Waals surface area contributed by atoms with Gasteiger partial charge in [-0.05, 0) is 38.3 Å². The van der Waals surface area contributed by atoms with Gasteiger partial charge in [0.1, 0.15) is 29.4 Å². The Morgan fingerprint density at radius 2 is 1.97 bits per heavy atom. The third kappa shape index (κ3) is 6.14. The first-order valence-corrected chi connectivity index (χ1v) is 11.4. The van der Waals surface area contributed by atoms with Gasteiger partial charge in [-0.2, -0.15) is 0 Å². The summed E-state index contributed by atoms with van der Waals surface area (Å²) >= 11 is 0. The molecular formula is C23H31F2N5O3. The Balaban J connectivity index is 1.75. The zero-order chi connectivity index (χ0) is 23.8. The average Bonchev–Trinajstić information content (AvgIpc) is 3.34. The molecule has 2 unspecified atom stereocenters. The summed E-state index contributed by atoms with van der Waals surface area (Å²) in [4.78, 5) is 29.3. The Kier molecular flexibility index (Phi) is 8.90. The molecule has 33 heavy (non-hydrogen) atoms. The van der Waals surface area contributed by atoms with Crippen molar-refractivity contribution < 1.29 is 23.1 Å². The van der Waals surface area contributed by atoms with E-state index in [1.165, 1.54) is 0 Å². The van der Waals surface area contributed by atoms with Crippen molar-refractivity contribution in [3.63, 3.8) is 0 Å². The summed E-state index contributed by atoms with van der Waals surface area (Å²) in [7, 11) is 0. The van der Waals surface area contributed by atoms with Gasteiger partial charge in [-0.1, -0.05) is 26.2 Å². The number of anilines is 1. The van der Waals surface area contributed by atoms with Crippen LogP contribution in [0.15, 0.2) is 30.9 Å². The van der Waals surface area contributed by atoms with Crippen LogP contribution in [0.25, 0.3) is 0 Å². The van der Waals surface area contributed by atoms with Gasteiger partial charge in [0, 0.05) is 18.9 Å². The molecule has 1 aliphatic rings. The number of benzene rings is 1. The van der Waals surface area contributed by atoms with E-state index in [0.29, 0.717) is 12.8 Å². The van der Waals surface area contributed by atoms with Crippen LogP contribution in [-0.4, -0.2) is 45.6 Å². The molecule has 1 saturated heterocycles. The molecule has 0 bridgehead atoms. The maximum Gasteiger partial charge on any atom is 0.343 e. The second kappa shape index (κ2) is 11.9. The number of hydrogen-bond donors (Lipinski definition) is 2. The normalized spacial score (nSPS) is 18.8. The van der Waals surface area contributed by atoms with Gasteiger partial charge in [0.05, 0.1) is 18.6 Å². The van der Waals surface area contributed by atoms with Crippen LogP contribution in [0.4, 0.5) is 14.5 Å². The van der Waals surface area contributed by atoms with Crippen LogP contribution in [0.2, 0.25) is 0 Å². The number of rotatable bonds is 10. The molecule has 10 heteroatoms. The summed E-state index contributed by atoms with van der Waals surface area (Å²) in [5.41, 5.74) is 2.11. The summed E-state index contributed by atoms with van der Waals surface area (Å²) in [6.07, 6.45) is 10.7. The minimum atomic E-state index is -1.03. The van der Waals surface area contributed by atoms with E-state index in [4.69, 9.17) is 4.74 Å². The maximum atomic E-state index is 14.5. The first-order chi connectivity index (χ1) is 16.0. The fourth-order valence-electron chi connectivity index (χ4n) is 3.98. The van der Waals surface area contributed by atoms with E-state index in [1.807, 2.05) is 15.8 Å². The van der Waals surface area contributed by atoms with Gasteiger partial charge < -0.3 is 14.6 Å². The second-order valence-corrected chi connectivity index (χ2v) is 7.99. The summed E-state index contributed by atoms with van der Waals surface area (Å²) < 4.78 is 35.6. The monoisotopic (exact) mass is 463 g/mol. The van der Waals surface area contributed by atoms with Crippen LogP contribution >= 0.6 is 0 Å². The van der Waals surface area contributed by atoms with Crippen molar-refractivity contribution in [1.82, 2.24) is 20.0 Å². The van der Waals surface area contributed by atoms with E-state index in [-0.39, 0.29) is 12.8 Å². The quantitative estimate of drug-likeness (QED) is 0.409. The van der Waals surface area contributed by atoms with E-state index >= 15 is 0 Å². The largest absolute Gasteiger partial charge is 0.462 e. The number of esters is 1. The van der Waals surface area contributed by atoms with Crippen LogP contribution in [-0.2, 0) is 9.53 Å². The number of hydrazine groups is 1. The number of carbonyl (C=O) groups is 2. The summed E-state index contributed by atoms with van der Waals surface area (Å²) in [5.74, 6) is -3.44. The molecule has 8 nitrogen and oxygen atoms in total. The Hall–Kier alpha value is -2.85. The first-order valence-electron chi connectivity index (χ1n) is 11.4. The zero-order valence-electron chi connectivity index (χ0n) is 19.0. The predicted molar refractivity (Wildman–Crippen MR) is 119 cm³/mol. The summed E-state index contributed by atoms with van der Waals surface area (Å²) in [5, 5.41) is 4.41. The predicted octanol–water partition coefficient (Wildman–Crippen LogP) is 4.02. The van der Waals surface area contributed by atoms with Crippen molar-refractivity contribution in [3.8, 4) is 0 Å². The third-order valence-electron chi connectivity index (χ3n) is 5.66. The van der Waals surface area contributed by atoms with Gasteiger partial charge in [0.2, 0.25) is 5.91 Å². The van der Waals surface area contributed by atoms with Crippen molar-refractivity contribution in [2.24, 2.45) is 0 Å². The Labute approximate surface area is 192 Å². The van der Waals surface area contributed by atoms with Gasteiger partial charge in [-0.3, -0.25) is 4.79 Å². The molecule has 1 aromatic heterocycles. The average molecular weight is 464 g/mol. The Morgan fingerprint density at radius 3 is 2.67 bits per heavy atom. The van der Waals surface area contributed by atoms with Gasteiger partial charge >= 0.3 is 5.97 Å². The molecule has 2 N–H and O–H groups in total. The van der Waals surface area contributed by atoms with Crippen molar-refractivity contribution in [1.29, 1.82) is 0 Å². The highest BCUT2D eigenvalue weighted by molar-refractivity contribution is 6.03. The lowest BCUT2D eigenvalue weighted by molar-refractivity contribution is -0.122. The molecule has 2 atom stereocenters. The minimum Gasteiger partial charge on any atom is -0.462 e. The first kappa shape index (κ1) is 24.8. The number of unbranched alkanes of at least 4 members (excludes halogenated alkanes) is 3. The summed E-state index contributed by atoms with van der Waals surface area (Å²) in [6, 6.07) is 1.04. The van der Waals surface area contributed by atoms with Gasteiger partial charge in [0.15, 0.2) is 0 Å². The molecule has 1 amide bonds. The lowest BCUT2D eigenvalue weighted by Crippen LogP contribution is -2.56. The second-order valence-electron chi connectivity index (χ2n) is 7.99. The van der Waals surface area contributed by atoms with Crippen LogP contribution in [0.5, 0.6) is 0 Å². The maximum absolute atomic E-state index is 14.5. The zero-order valence-corrected chi connectivity index (χ0v) is 19.0. The number of aromatic nitrogens is 2. The number of ether oxygens (including phenoxy) is 1. The summed E-state index contributed by atoms with van der Waals surface area (Å²) in [6.45, 7) is 4.42. The SMILES string of the molecule is CCCCCCN1NC(C(=O)Nc2c(F)ccc(F)c2C(=O)OCC)CCC1n1ccnc1.